The molecule has 1 saturated carbocycles. The average Bonchev–Trinajstić information content (AvgIpc) is 3.19. The van der Waals surface area contributed by atoms with Crippen molar-refractivity contribution >= 4 is 40.4 Å². The Labute approximate surface area is 210 Å². The molecule has 0 bridgehead atoms. The van der Waals surface area contributed by atoms with Gasteiger partial charge in [-0.3, -0.25) is 20.2 Å². The van der Waals surface area contributed by atoms with E-state index in [2.05, 4.69) is 5.32 Å². The van der Waals surface area contributed by atoms with Crippen molar-refractivity contribution in [2.75, 3.05) is 12.4 Å². The van der Waals surface area contributed by atoms with E-state index in [1.54, 1.807) is 24.3 Å². The van der Waals surface area contributed by atoms with Crippen LogP contribution in [0.4, 0.5) is 17.1 Å². The molecule has 1 fully saturated rings. The summed E-state index contributed by atoms with van der Waals surface area (Å²) < 4.78 is 5.55. The molecule has 3 aromatic carbocycles. The van der Waals surface area contributed by atoms with Crippen molar-refractivity contribution in [1.82, 2.24) is 0 Å². The van der Waals surface area contributed by atoms with Crippen molar-refractivity contribution in [3.05, 3.63) is 98.1 Å². The van der Waals surface area contributed by atoms with Gasteiger partial charge in [-0.05, 0) is 29.5 Å². The molecule has 10 heteroatoms. The van der Waals surface area contributed by atoms with Crippen molar-refractivity contribution in [2.45, 2.75) is 33.9 Å². The third-order valence-electron chi connectivity index (χ3n) is 6.80. The zero-order valence-corrected chi connectivity index (χ0v) is 20.2. The highest BCUT2D eigenvalue weighted by Gasteiger charge is 2.51. The van der Waals surface area contributed by atoms with Crippen LogP contribution in [0.2, 0.25) is 0 Å². The summed E-state index contributed by atoms with van der Waals surface area (Å²) in [5.41, 5.74) is 2.52. The lowest BCUT2D eigenvalue weighted by molar-refractivity contribution is -0.387. The van der Waals surface area contributed by atoms with Gasteiger partial charge in [0.05, 0.1) is 45.0 Å². The van der Waals surface area contributed by atoms with E-state index < -0.39 is 10.3 Å². The number of hydrogen-bond donors (Lipinski definition) is 1. The van der Waals surface area contributed by atoms with Crippen molar-refractivity contribution in [3.8, 4) is 5.75 Å². The first kappa shape index (κ1) is 23.4. The first-order valence-electron chi connectivity index (χ1n) is 11.1. The fourth-order valence-corrected chi connectivity index (χ4v) is 7.24. The van der Waals surface area contributed by atoms with Crippen LogP contribution in [0.5, 0.6) is 5.75 Å². The third-order valence-corrected chi connectivity index (χ3v) is 8.91. The van der Waals surface area contributed by atoms with Gasteiger partial charge in [0.2, 0.25) is 0 Å². The first-order valence-corrected chi connectivity index (χ1v) is 12.4. The number of anilines is 1. The van der Waals surface area contributed by atoms with Crippen LogP contribution in [0, 0.1) is 26.1 Å². The first-order chi connectivity index (χ1) is 16.9. The van der Waals surface area contributed by atoms with Crippen LogP contribution in [0.25, 0.3) is 0 Å². The lowest BCUT2D eigenvalue weighted by atomic mass is 9.77. The van der Waals surface area contributed by atoms with Crippen molar-refractivity contribution in [2.24, 2.45) is 5.92 Å². The molecule has 0 amide bonds. The van der Waals surface area contributed by atoms with Crippen LogP contribution in [-0.2, 0) is 0 Å². The van der Waals surface area contributed by atoms with Gasteiger partial charge in [0.15, 0.2) is 0 Å². The van der Waals surface area contributed by atoms with E-state index in [4.69, 9.17) is 16.3 Å². The largest absolute Gasteiger partial charge is 0.494 e. The number of fused-ring (bicyclic) bond motifs is 3. The molecule has 3 aromatic rings. The molecule has 0 spiro atoms. The Kier molecular flexibility index (Phi) is 6.29. The fourth-order valence-electron chi connectivity index (χ4n) is 5.30. The maximum atomic E-state index is 11.6. The number of methoxy groups -OCH3 is 1. The van der Waals surface area contributed by atoms with Gasteiger partial charge in [-0.25, -0.2) is 0 Å². The van der Waals surface area contributed by atoms with E-state index >= 15 is 0 Å². The Bertz CT molecular complexity index is 1290. The molecular weight excluding hydrogens is 490 g/mol. The maximum Gasteiger partial charge on any atom is 0.282 e. The summed E-state index contributed by atoms with van der Waals surface area (Å²) in [6.45, 7) is 0. The van der Waals surface area contributed by atoms with Gasteiger partial charge in [-0.15, -0.1) is 23.4 Å². The summed E-state index contributed by atoms with van der Waals surface area (Å²) in [5.74, 6) is 0.221. The smallest absolute Gasteiger partial charge is 0.282 e. The number of nitrogens with one attached hydrogen (secondary N) is 1. The van der Waals surface area contributed by atoms with Gasteiger partial charge in [0.25, 0.3) is 11.4 Å². The number of nitro benzene ring substituents is 2. The van der Waals surface area contributed by atoms with Gasteiger partial charge < -0.3 is 10.1 Å². The van der Waals surface area contributed by atoms with E-state index in [0.29, 0.717) is 22.8 Å². The lowest BCUT2D eigenvalue weighted by Crippen LogP contribution is -2.31. The second kappa shape index (κ2) is 9.39. The molecule has 0 unspecified atom stereocenters. The van der Waals surface area contributed by atoms with Gasteiger partial charge in [0, 0.05) is 23.3 Å². The van der Waals surface area contributed by atoms with Crippen molar-refractivity contribution < 1.29 is 14.6 Å². The highest BCUT2D eigenvalue weighted by molar-refractivity contribution is 8.00. The van der Waals surface area contributed by atoms with Gasteiger partial charge in [-0.1, -0.05) is 42.5 Å². The fraction of sp³-hybridized carbons (Fsp3) is 0.280. The number of ether oxygens (including phenoxy) is 1. The number of rotatable bonds is 6. The lowest BCUT2D eigenvalue weighted by Gasteiger charge is -2.38. The highest BCUT2D eigenvalue weighted by Crippen LogP contribution is 2.59. The zero-order chi connectivity index (χ0) is 24.7. The Hall–Kier alpha value is -3.30. The molecule has 1 N–H and O–H groups in total. The Balaban J connectivity index is 1.60. The minimum absolute atomic E-state index is 0.0272. The number of benzene rings is 3. The van der Waals surface area contributed by atoms with Crippen LogP contribution < -0.4 is 10.1 Å². The number of non-ortho nitro benzene ring substituents is 1. The monoisotopic (exact) mass is 511 g/mol. The molecular formula is C25H22ClN3O5S. The summed E-state index contributed by atoms with van der Waals surface area (Å²) >= 11 is 8.52. The molecule has 0 radical (unpaired) electrons. The molecule has 180 valence electrons. The zero-order valence-electron chi connectivity index (χ0n) is 18.7. The molecule has 1 heterocycles. The standard InChI is InChI=1S/C25H22ClN3O5S/c1-34-19-12-15(28(30)31)11-16-22-17(24(27-25(16)19)14-7-3-2-4-8-14)13-21(23(22)26)35-20-10-6-5-9-18(20)29(32)33/h2-12,17,21-24,27H,13H2,1H3/t17-,21+,22+,23+,24+/m0/s1. The Morgan fingerprint density at radius 2 is 1.74 bits per heavy atom. The number of hydrogen-bond acceptors (Lipinski definition) is 7. The minimum atomic E-state index is -0.432. The second-order valence-corrected chi connectivity index (χ2v) is 10.4. The van der Waals surface area contributed by atoms with Gasteiger partial charge in [0.1, 0.15) is 5.75 Å². The van der Waals surface area contributed by atoms with Crippen LogP contribution in [-0.4, -0.2) is 27.6 Å². The highest BCUT2D eigenvalue weighted by atomic mass is 35.5. The third kappa shape index (κ3) is 4.19. The molecule has 35 heavy (non-hydrogen) atoms. The van der Waals surface area contributed by atoms with Gasteiger partial charge in [-0.2, -0.15) is 0 Å². The summed E-state index contributed by atoms with van der Waals surface area (Å²) in [6.07, 6.45) is 0.687. The summed E-state index contributed by atoms with van der Waals surface area (Å²) in [5, 5.41) is 26.3. The van der Waals surface area contributed by atoms with E-state index in [9.17, 15) is 20.2 Å². The molecule has 1 aliphatic heterocycles. The number of halogens is 1. The molecule has 2 aliphatic rings. The number of alkyl halides is 1. The predicted molar refractivity (Wildman–Crippen MR) is 136 cm³/mol. The topological polar surface area (TPSA) is 108 Å². The number of nitrogens with zero attached hydrogens (tertiary/aromatic N) is 2. The summed E-state index contributed by atoms with van der Waals surface area (Å²) in [6, 6.07) is 19.5. The number of thioether (sulfide) groups is 1. The average molecular weight is 512 g/mol. The molecule has 8 nitrogen and oxygen atoms in total. The van der Waals surface area contributed by atoms with E-state index in [1.807, 2.05) is 30.3 Å². The Morgan fingerprint density at radius 1 is 1.03 bits per heavy atom. The SMILES string of the molecule is COc1cc([N+](=O)[O-])cc2c1N[C@H](c1ccccc1)[C@H]1C[C@@H](Sc3ccccc3[N+](=O)[O-])[C@@H](Cl)[C@H]21. The van der Waals surface area contributed by atoms with Crippen LogP contribution in [0.3, 0.4) is 0 Å². The van der Waals surface area contributed by atoms with E-state index in [-0.39, 0.29) is 39.4 Å². The summed E-state index contributed by atoms with van der Waals surface area (Å²) in [7, 11) is 1.49. The molecule has 0 saturated heterocycles. The van der Waals surface area contributed by atoms with Crippen molar-refractivity contribution in [1.29, 1.82) is 0 Å². The van der Waals surface area contributed by atoms with Crippen LogP contribution >= 0.6 is 23.4 Å². The molecule has 5 atom stereocenters. The molecule has 0 aromatic heterocycles. The van der Waals surface area contributed by atoms with E-state index in [0.717, 1.165) is 11.1 Å². The Morgan fingerprint density at radius 3 is 2.43 bits per heavy atom. The minimum Gasteiger partial charge on any atom is -0.494 e. The van der Waals surface area contributed by atoms with Gasteiger partial charge >= 0.3 is 0 Å². The predicted octanol–water partition coefficient (Wildman–Crippen LogP) is 6.55. The molecule has 5 rings (SSSR count). The van der Waals surface area contributed by atoms with Crippen molar-refractivity contribution in [3.63, 3.8) is 0 Å². The summed E-state index contributed by atoms with van der Waals surface area (Å²) in [4.78, 5) is 23.0. The van der Waals surface area contributed by atoms with Crippen LogP contribution in [0.15, 0.2) is 71.6 Å². The quantitative estimate of drug-likeness (QED) is 0.227. The molecule has 1 aliphatic carbocycles. The number of para-hydroxylation sites is 1. The van der Waals surface area contributed by atoms with Crippen LogP contribution in [0.1, 0.15) is 29.5 Å². The second-order valence-electron chi connectivity index (χ2n) is 8.65. The normalized spacial score (nSPS) is 24.7. The number of nitro groups is 2. The maximum absolute atomic E-state index is 11.6. The van der Waals surface area contributed by atoms with E-state index in [1.165, 1.54) is 31.0 Å².